The summed E-state index contributed by atoms with van der Waals surface area (Å²) in [4.78, 5) is 11.7. The monoisotopic (exact) mass is 266 g/mol. The molecular formula is C14H22N2O3. The lowest BCUT2D eigenvalue weighted by molar-refractivity contribution is -0.121. The Morgan fingerprint density at radius 2 is 2.11 bits per heavy atom. The molecule has 0 aliphatic carbocycles. The second kappa shape index (κ2) is 8.63. The van der Waals surface area contributed by atoms with Crippen LogP contribution in [0.4, 0.5) is 0 Å². The van der Waals surface area contributed by atoms with Crippen molar-refractivity contribution in [2.24, 2.45) is 5.73 Å². The molecule has 0 bridgehead atoms. The number of amides is 1. The van der Waals surface area contributed by atoms with E-state index in [0.29, 0.717) is 13.0 Å². The van der Waals surface area contributed by atoms with E-state index in [1.54, 1.807) is 0 Å². The summed E-state index contributed by atoms with van der Waals surface area (Å²) >= 11 is 0. The summed E-state index contributed by atoms with van der Waals surface area (Å²) in [6.07, 6.45) is 0.165. The molecule has 0 fully saturated rings. The molecule has 0 aromatic heterocycles. The van der Waals surface area contributed by atoms with Crippen molar-refractivity contribution >= 4 is 5.91 Å². The summed E-state index contributed by atoms with van der Waals surface area (Å²) in [5.74, 6) is -0.110. The molecule has 2 unspecified atom stereocenters. The number of carbonyl (C=O) groups is 1. The maximum Gasteiger partial charge on any atom is 0.221 e. The number of carbonyl (C=O) groups excluding carboxylic acids is 1. The largest absolute Gasteiger partial charge is 0.391 e. The van der Waals surface area contributed by atoms with E-state index < -0.39 is 6.10 Å². The second-order valence-corrected chi connectivity index (χ2v) is 4.47. The van der Waals surface area contributed by atoms with Crippen LogP contribution in [0.3, 0.4) is 0 Å². The zero-order valence-corrected chi connectivity index (χ0v) is 11.2. The molecule has 4 N–H and O–H groups in total. The Labute approximate surface area is 113 Å². The number of hydrogen-bond acceptors (Lipinski definition) is 4. The van der Waals surface area contributed by atoms with E-state index in [0.717, 1.165) is 5.56 Å². The molecule has 1 aromatic rings. The third-order valence-electron chi connectivity index (χ3n) is 2.79. The van der Waals surface area contributed by atoms with Crippen LogP contribution in [0.25, 0.3) is 0 Å². The van der Waals surface area contributed by atoms with Gasteiger partial charge in [0.1, 0.15) is 0 Å². The highest BCUT2D eigenvalue weighted by molar-refractivity contribution is 5.76. The molecule has 0 aliphatic rings. The third-order valence-corrected chi connectivity index (χ3v) is 2.79. The lowest BCUT2D eigenvalue weighted by atomic mass is 10.0. The highest BCUT2D eigenvalue weighted by Gasteiger charge is 2.11. The normalized spacial score (nSPS) is 13.8. The molecule has 0 saturated heterocycles. The van der Waals surface area contributed by atoms with Gasteiger partial charge in [0.2, 0.25) is 5.91 Å². The van der Waals surface area contributed by atoms with Crippen LogP contribution in [0, 0.1) is 0 Å². The summed E-state index contributed by atoms with van der Waals surface area (Å²) in [6, 6.07) is 9.21. The maximum atomic E-state index is 11.7. The van der Waals surface area contributed by atoms with Crippen LogP contribution < -0.4 is 11.1 Å². The number of nitrogens with one attached hydrogen (secondary N) is 1. The first-order valence-electron chi connectivity index (χ1n) is 6.37. The number of methoxy groups -OCH3 is 1. The van der Waals surface area contributed by atoms with E-state index in [-0.39, 0.29) is 25.0 Å². The lowest BCUT2D eigenvalue weighted by Gasteiger charge is -2.13. The molecule has 5 heteroatoms. The number of aliphatic hydroxyl groups is 1. The van der Waals surface area contributed by atoms with E-state index in [4.69, 9.17) is 10.5 Å². The summed E-state index contributed by atoms with van der Waals surface area (Å²) in [7, 11) is 1.53. The minimum atomic E-state index is -0.548. The van der Waals surface area contributed by atoms with Gasteiger partial charge in [0.25, 0.3) is 0 Å². The topological polar surface area (TPSA) is 84.6 Å². The molecule has 1 aromatic carbocycles. The SMILES string of the molecule is COCC(O)CCNC(=O)CC(N)c1ccccc1. The molecule has 0 spiro atoms. The quantitative estimate of drug-likeness (QED) is 0.643. The van der Waals surface area contributed by atoms with Crippen LogP contribution in [0.15, 0.2) is 30.3 Å². The smallest absolute Gasteiger partial charge is 0.221 e. The Morgan fingerprint density at radius 3 is 2.74 bits per heavy atom. The van der Waals surface area contributed by atoms with Crippen molar-refractivity contribution in [1.82, 2.24) is 5.32 Å². The minimum absolute atomic E-state index is 0.110. The fourth-order valence-corrected chi connectivity index (χ4v) is 1.74. The maximum absolute atomic E-state index is 11.7. The molecule has 0 saturated carbocycles. The first-order valence-corrected chi connectivity index (χ1v) is 6.37. The molecule has 1 amide bonds. The average molecular weight is 266 g/mol. The van der Waals surface area contributed by atoms with Gasteiger partial charge in [-0.2, -0.15) is 0 Å². The Morgan fingerprint density at radius 1 is 1.42 bits per heavy atom. The minimum Gasteiger partial charge on any atom is -0.391 e. The predicted octanol–water partition coefficient (Wildman–Crippen LogP) is 0.590. The van der Waals surface area contributed by atoms with Gasteiger partial charge in [-0.1, -0.05) is 30.3 Å². The van der Waals surface area contributed by atoms with Crippen molar-refractivity contribution in [2.45, 2.75) is 25.0 Å². The van der Waals surface area contributed by atoms with Gasteiger partial charge in [-0.3, -0.25) is 4.79 Å². The zero-order valence-electron chi connectivity index (χ0n) is 11.2. The van der Waals surface area contributed by atoms with Crippen molar-refractivity contribution in [3.05, 3.63) is 35.9 Å². The van der Waals surface area contributed by atoms with Gasteiger partial charge in [-0.25, -0.2) is 0 Å². The second-order valence-electron chi connectivity index (χ2n) is 4.47. The molecule has 2 atom stereocenters. The van der Waals surface area contributed by atoms with Crippen LogP contribution in [0.5, 0.6) is 0 Å². The van der Waals surface area contributed by atoms with Crippen LogP contribution in [0.2, 0.25) is 0 Å². The Bertz CT molecular complexity index is 370. The standard InChI is InChI=1S/C14H22N2O3/c1-19-10-12(17)7-8-16-14(18)9-13(15)11-5-3-2-4-6-11/h2-6,12-13,17H,7-10,15H2,1H3,(H,16,18). The molecule has 0 heterocycles. The van der Waals surface area contributed by atoms with E-state index in [2.05, 4.69) is 5.32 Å². The van der Waals surface area contributed by atoms with Crippen LogP contribution in [0.1, 0.15) is 24.4 Å². The summed E-state index contributed by atoms with van der Waals surface area (Å²) < 4.78 is 4.80. The zero-order chi connectivity index (χ0) is 14.1. The third kappa shape index (κ3) is 6.33. The molecule has 0 radical (unpaired) electrons. The Balaban J connectivity index is 2.24. The summed E-state index contributed by atoms with van der Waals surface area (Å²) in [5, 5.41) is 12.2. The van der Waals surface area contributed by atoms with Crippen molar-refractivity contribution in [3.8, 4) is 0 Å². The molecule has 5 nitrogen and oxygen atoms in total. The van der Waals surface area contributed by atoms with E-state index in [1.165, 1.54) is 7.11 Å². The van der Waals surface area contributed by atoms with E-state index in [1.807, 2.05) is 30.3 Å². The highest BCUT2D eigenvalue weighted by Crippen LogP contribution is 2.12. The number of ether oxygens (including phenoxy) is 1. The molecule has 106 valence electrons. The number of aliphatic hydroxyl groups excluding tert-OH is 1. The average Bonchev–Trinajstić information content (AvgIpc) is 2.40. The predicted molar refractivity (Wildman–Crippen MR) is 73.5 cm³/mol. The first-order chi connectivity index (χ1) is 9.13. The van der Waals surface area contributed by atoms with Crippen molar-refractivity contribution < 1.29 is 14.6 Å². The number of hydrogen-bond donors (Lipinski definition) is 3. The molecule has 0 aliphatic heterocycles. The van der Waals surface area contributed by atoms with Gasteiger partial charge in [0.15, 0.2) is 0 Å². The summed E-state index contributed by atoms with van der Waals surface area (Å²) in [5.41, 5.74) is 6.89. The van der Waals surface area contributed by atoms with Crippen molar-refractivity contribution in [1.29, 1.82) is 0 Å². The highest BCUT2D eigenvalue weighted by atomic mass is 16.5. The van der Waals surface area contributed by atoms with Gasteiger partial charge in [-0.05, 0) is 12.0 Å². The van der Waals surface area contributed by atoms with Gasteiger partial charge in [0, 0.05) is 26.1 Å². The molecule has 1 rings (SSSR count). The Hall–Kier alpha value is -1.43. The van der Waals surface area contributed by atoms with Gasteiger partial charge < -0.3 is 20.9 Å². The van der Waals surface area contributed by atoms with Crippen molar-refractivity contribution in [3.63, 3.8) is 0 Å². The van der Waals surface area contributed by atoms with E-state index >= 15 is 0 Å². The van der Waals surface area contributed by atoms with Crippen molar-refractivity contribution in [2.75, 3.05) is 20.3 Å². The van der Waals surface area contributed by atoms with Crippen LogP contribution in [-0.2, 0) is 9.53 Å². The van der Waals surface area contributed by atoms with E-state index in [9.17, 15) is 9.90 Å². The lowest BCUT2D eigenvalue weighted by Crippen LogP contribution is -2.30. The fraction of sp³-hybridized carbons (Fsp3) is 0.500. The van der Waals surface area contributed by atoms with Gasteiger partial charge >= 0.3 is 0 Å². The number of nitrogens with two attached hydrogens (primary N) is 1. The number of benzene rings is 1. The molecular weight excluding hydrogens is 244 g/mol. The number of rotatable bonds is 8. The van der Waals surface area contributed by atoms with Gasteiger partial charge in [0.05, 0.1) is 12.7 Å². The van der Waals surface area contributed by atoms with Gasteiger partial charge in [-0.15, -0.1) is 0 Å². The van der Waals surface area contributed by atoms with Crippen LogP contribution >= 0.6 is 0 Å². The first kappa shape index (κ1) is 15.6. The summed E-state index contributed by atoms with van der Waals surface area (Å²) in [6.45, 7) is 0.699. The Kier molecular flexibility index (Phi) is 7.10. The molecule has 19 heavy (non-hydrogen) atoms. The fourth-order valence-electron chi connectivity index (χ4n) is 1.74. The van der Waals surface area contributed by atoms with Crippen LogP contribution in [-0.4, -0.2) is 37.4 Å².